The average Bonchev–Trinajstić information content (AvgIpc) is 2.79. The van der Waals surface area contributed by atoms with Crippen molar-refractivity contribution in [2.75, 3.05) is 7.11 Å². The third-order valence-corrected chi connectivity index (χ3v) is 3.15. The van der Waals surface area contributed by atoms with Crippen LogP contribution in [0, 0.1) is 5.82 Å². The molecule has 0 spiro atoms. The Balaban J connectivity index is 2.42. The molecule has 0 saturated carbocycles. The first kappa shape index (κ1) is 11.7. The van der Waals surface area contributed by atoms with Gasteiger partial charge in [0.15, 0.2) is 17.3 Å². The molecule has 1 heterocycles. The summed E-state index contributed by atoms with van der Waals surface area (Å²) in [5, 5.41) is 2.36. The highest BCUT2D eigenvalue weighted by Gasteiger charge is 2.10. The molecule has 17 heavy (non-hydrogen) atoms. The maximum absolute atomic E-state index is 13.2. The zero-order chi connectivity index (χ0) is 12.4. The van der Waals surface area contributed by atoms with E-state index in [4.69, 9.17) is 4.74 Å². The van der Waals surface area contributed by atoms with Gasteiger partial charge in [0.2, 0.25) is 0 Å². The summed E-state index contributed by atoms with van der Waals surface area (Å²) in [6.45, 7) is 1.46. The first-order chi connectivity index (χ1) is 8.11. The summed E-state index contributed by atoms with van der Waals surface area (Å²) >= 11 is 1.35. The summed E-state index contributed by atoms with van der Waals surface area (Å²) in [6.07, 6.45) is 0. The van der Waals surface area contributed by atoms with Gasteiger partial charge in [-0.25, -0.2) is 9.37 Å². The number of methoxy groups -OCH3 is 1. The van der Waals surface area contributed by atoms with E-state index in [-0.39, 0.29) is 11.5 Å². The molecule has 5 heteroatoms. The molecule has 0 saturated heterocycles. The Morgan fingerprint density at radius 1 is 1.47 bits per heavy atom. The molecule has 0 amide bonds. The van der Waals surface area contributed by atoms with Crippen LogP contribution in [0.1, 0.15) is 17.4 Å². The fourth-order valence-electron chi connectivity index (χ4n) is 1.36. The van der Waals surface area contributed by atoms with Crippen LogP contribution in [0.5, 0.6) is 5.75 Å². The third-order valence-electron chi connectivity index (χ3n) is 2.26. The summed E-state index contributed by atoms with van der Waals surface area (Å²) in [4.78, 5) is 15.3. The van der Waals surface area contributed by atoms with Crippen LogP contribution in [0.25, 0.3) is 10.6 Å². The van der Waals surface area contributed by atoms with E-state index >= 15 is 0 Å². The van der Waals surface area contributed by atoms with Crippen LogP contribution in [-0.4, -0.2) is 17.9 Å². The maximum atomic E-state index is 13.2. The predicted molar refractivity (Wildman–Crippen MR) is 64.1 cm³/mol. The summed E-state index contributed by atoms with van der Waals surface area (Å²) in [6, 6.07) is 4.50. The number of rotatable bonds is 3. The molecule has 2 aromatic rings. The molecule has 0 aliphatic carbocycles. The van der Waals surface area contributed by atoms with Crippen molar-refractivity contribution >= 4 is 17.1 Å². The number of aromatic nitrogens is 1. The molecular formula is C12H10FNO2S. The standard InChI is InChI=1S/C12H10FNO2S/c1-7(15)10-6-17-12(14-10)8-3-4-9(13)11(5-8)16-2/h3-6H,1-2H3. The zero-order valence-electron chi connectivity index (χ0n) is 9.36. The second-order valence-corrected chi connectivity index (χ2v) is 4.30. The fraction of sp³-hybridized carbons (Fsp3) is 0.167. The van der Waals surface area contributed by atoms with Crippen LogP contribution in [0.2, 0.25) is 0 Å². The number of Topliss-reactive ketones (excluding diaryl/α,β-unsaturated/α-hetero) is 1. The number of carbonyl (C=O) groups excluding carboxylic acids is 1. The van der Waals surface area contributed by atoms with Gasteiger partial charge in [0.1, 0.15) is 10.7 Å². The van der Waals surface area contributed by atoms with Gasteiger partial charge in [-0.3, -0.25) is 4.79 Å². The van der Waals surface area contributed by atoms with Gasteiger partial charge in [-0.15, -0.1) is 11.3 Å². The van der Waals surface area contributed by atoms with Crippen molar-refractivity contribution in [1.29, 1.82) is 0 Å². The Morgan fingerprint density at radius 2 is 2.24 bits per heavy atom. The number of halogens is 1. The van der Waals surface area contributed by atoms with Gasteiger partial charge in [0, 0.05) is 17.9 Å². The number of ether oxygens (including phenoxy) is 1. The van der Waals surface area contributed by atoms with E-state index in [0.717, 1.165) is 5.56 Å². The average molecular weight is 251 g/mol. The number of nitrogens with zero attached hydrogens (tertiary/aromatic N) is 1. The van der Waals surface area contributed by atoms with E-state index in [0.29, 0.717) is 10.7 Å². The molecular weight excluding hydrogens is 241 g/mol. The Labute approximate surface area is 102 Å². The van der Waals surface area contributed by atoms with Crippen LogP contribution in [0.15, 0.2) is 23.6 Å². The molecule has 2 rings (SSSR count). The van der Waals surface area contributed by atoms with Crippen LogP contribution < -0.4 is 4.74 Å². The van der Waals surface area contributed by atoms with Gasteiger partial charge in [0.05, 0.1) is 7.11 Å². The van der Waals surface area contributed by atoms with Crippen LogP contribution in [0.4, 0.5) is 4.39 Å². The second kappa shape index (κ2) is 4.63. The van der Waals surface area contributed by atoms with Gasteiger partial charge >= 0.3 is 0 Å². The zero-order valence-corrected chi connectivity index (χ0v) is 10.2. The van der Waals surface area contributed by atoms with Crippen LogP contribution >= 0.6 is 11.3 Å². The number of hydrogen-bond donors (Lipinski definition) is 0. The molecule has 0 bridgehead atoms. The highest BCUT2D eigenvalue weighted by molar-refractivity contribution is 7.13. The van der Waals surface area contributed by atoms with Gasteiger partial charge in [-0.05, 0) is 18.2 Å². The normalized spacial score (nSPS) is 10.3. The molecule has 0 aliphatic rings. The third kappa shape index (κ3) is 2.34. The highest BCUT2D eigenvalue weighted by Crippen LogP contribution is 2.28. The molecule has 0 radical (unpaired) electrons. The Hall–Kier alpha value is -1.75. The molecule has 1 aromatic heterocycles. The highest BCUT2D eigenvalue weighted by atomic mass is 32.1. The number of carbonyl (C=O) groups is 1. The van der Waals surface area contributed by atoms with Crippen molar-refractivity contribution < 1.29 is 13.9 Å². The van der Waals surface area contributed by atoms with Crippen LogP contribution in [-0.2, 0) is 0 Å². The molecule has 0 atom stereocenters. The SMILES string of the molecule is COc1cc(-c2nc(C(C)=O)cs2)ccc1F. The first-order valence-corrected chi connectivity index (χ1v) is 5.80. The van der Waals surface area contributed by atoms with Crippen molar-refractivity contribution in [3.8, 4) is 16.3 Å². The quantitative estimate of drug-likeness (QED) is 0.786. The largest absolute Gasteiger partial charge is 0.494 e. The fourth-order valence-corrected chi connectivity index (χ4v) is 2.22. The summed E-state index contributed by atoms with van der Waals surface area (Å²) in [5.74, 6) is -0.330. The van der Waals surface area contributed by atoms with Crippen molar-refractivity contribution in [3.05, 3.63) is 35.1 Å². The molecule has 0 N–H and O–H groups in total. The summed E-state index contributed by atoms with van der Waals surface area (Å²) in [5.41, 5.74) is 1.16. The Bertz CT molecular complexity index is 565. The van der Waals surface area contributed by atoms with E-state index < -0.39 is 5.82 Å². The van der Waals surface area contributed by atoms with Gasteiger partial charge in [-0.1, -0.05) is 0 Å². The minimum atomic E-state index is -0.417. The van der Waals surface area contributed by atoms with E-state index in [9.17, 15) is 9.18 Å². The lowest BCUT2D eigenvalue weighted by Crippen LogP contribution is -1.92. The minimum Gasteiger partial charge on any atom is -0.494 e. The molecule has 0 unspecified atom stereocenters. The Morgan fingerprint density at radius 3 is 2.82 bits per heavy atom. The Kier molecular flexibility index (Phi) is 3.19. The summed E-state index contributed by atoms with van der Waals surface area (Å²) < 4.78 is 18.1. The van der Waals surface area contributed by atoms with Gasteiger partial charge < -0.3 is 4.74 Å². The van der Waals surface area contributed by atoms with E-state index in [1.54, 1.807) is 17.5 Å². The minimum absolute atomic E-state index is 0.0819. The number of ketones is 1. The molecule has 1 aromatic carbocycles. The lowest BCUT2D eigenvalue weighted by Gasteiger charge is -2.03. The van der Waals surface area contributed by atoms with Gasteiger partial charge in [0.25, 0.3) is 0 Å². The lowest BCUT2D eigenvalue weighted by atomic mass is 10.2. The molecule has 0 fully saturated rings. The first-order valence-electron chi connectivity index (χ1n) is 4.92. The van der Waals surface area contributed by atoms with Crippen LogP contribution in [0.3, 0.4) is 0 Å². The van der Waals surface area contributed by atoms with Gasteiger partial charge in [-0.2, -0.15) is 0 Å². The second-order valence-electron chi connectivity index (χ2n) is 3.44. The number of hydrogen-bond acceptors (Lipinski definition) is 4. The molecule has 88 valence electrons. The van der Waals surface area contributed by atoms with Crippen molar-refractivity contribution in [2.45, 2.75) is 6.92 Å². The smallest absolute Gasteiger partial charge is 0.178 e. The topological polar surface area (TPSA) is 39.2 Å². The monoisotopic (exact) mass is 251 g/mol. The molecule has 0 aliphatic heterocycles. The molecule has 3 nitrogen and oxygen atoms in total. The predicted octanol–water partition coefficient (Wildman–Crippen LogP) is 3.16. The lowest BCUT2D eigenvalue weighted by molar-refractivity contribution is 0.101. The van der Waals surface area contributed by atoms with E-state index in [1.807, 2.05) is 0 Å². The summed E-state index contributed by atoms with van der Waals surface area (Å²) in [7, 11) is 1.41. The number of benzene rings is 1. The van der Waals surface area contributed by atoms with E-state index in [2.05, 4.69) is 4.98 Å². The van der Waals surface area contributed by atoms with Crippen molar-refractivity contribution in [2.24, 2.45) is 0 Å². The van der Waals surface area contributed by atoms with Crippen molar-refractivity contribution in [1.82, 2.24) is 4.98 Å². The number of thiazole rings is 1. The van der Waals surface area contributed by atoms with Crippen molar-refractivity contribution in [3.63, 3.8) is 0 Å². The maximum Gasteiger partial charge on any atom is 0.178 e. The van der Waals surface area contributed by atoms with E-state index in [1.165, 1.54) is 31.4 Å².